The molecule has 0 aromatic heterocycles. The van der Waals surface area contributed by atoms with Crippen LogP contribution in [0.2, 0.25) is 0 Å². The van der Waals surface area contributed by atoms with E-state index in [1.54, 1.807) is 60.7 Å². The van der Waals surface area contributed by atoms with Gasteiger partial charge >= 0.3 is 0 Å². The van der Waals surface area contributed by atoms with Crippen LogP contribution in [0.25, 0.3) is 10.8 Å². The van der Waals surface area contributed by atoms with Gasteiger partial charge in [-0.15, -0.1) is 0 Å². The number of phenols is 3. The van der Waals surface area contributed by atoms with Gasteiger partial charge in [-0.1, -0.05) is 271 Å². The average molecular weight is 1390 g/mol. The fraction of sp³-hybridized carbons (Fsp3) is 0.418. The van der Waals surface area contributed by atoms with Crippen molar-refractivity contribution in [1.82, 2.24) is 0 Å². The highest BCUT2D eigenvalue weighted by atomic mass is 16.7. The molecule has 0 radical (unpaired) electrons. The maximum Gasteiger partial charge on any atom is 0.197 e. The molecule has 9 rings (SSSR count). The van der Waals surface area contributed by atoms with E-state index in [2.05, 4.69) is 112 Å². The molecule has 3 N–H and O–H groups in total. The number of ketones is 1. The number of aromatic hydroxyl groups is 3. The Labute approximate surface area is 617 Å². The second kappa shape index (κ2) is 57.1. The Morgan fingerprint density at radius 3 is 0.941 bits per heavy atom. The summed E-state index contributed by atoms with van der Waals surface area (Å²) in [6.07, 6.45) is 4.99. The standard InChI is InChI=1S/C27H30O4.C24H28O3.3C10H14O.10CH4/c1-4-20(2)22-10-16-26(17-11-22)31-21(3)29-18-19-30-25-14-12-24(13-15-25)27(28)23-8-6-5-7-9-23;1-4-18(2)20-12-14-22(15-13-20)27-19(3)25-16-17-26-24-11-7-9-21-8-5-6-10-23(21)24;3*1-3-8(2)9-4-6-10(11)7-5-9;;;;;;;;;;/h5-17,20-21H,4,18-19H2,1-3H3;5-15,18-19H,4,16-17H2,1-3H3;3*4-8,11H,3H2,1-2H3;10*1H4. The molecule has 0 fully saturated rings. The molecule has 7 atom stereocenters. The Balaban J connectivity index is -0.000000292. The van der Waals surface area contributed by atoms with E-state index in [1.807, 2.05) is 129 Å². The lowest BCUT2D eigenvalue weighted by Gasteiger charge is -2.17. The first-order valence-corrected chi connectivity index (χ1v) is 32.5. The third-order valence-electron chi connectivity index (χ3n) is 16.3. The van der Waals surface area contributed by atoms with Crippen LogP contribution in [0.1, 0.15) is 263 Å². The molecule has 7 unspecified atom stereocenters. The summed E-state index contributed by atoms with van der Waals surface area (Å²) in [5.74, 6) is 7.12. The van der Waals surface area contributed by atoms with Crippen molar-refractivity contribution in [3.05, 3.63) is 257 Å². The van der Waals surface area contributed by atoms with Crippen molar-refractivity contribution in [3.8, 4) is 40.2 Å². The molecular formula is C91H140O10. The number of hydrogen-bond donors (Lipinski definition) is 3. The molecule has 10 nitrogen and oxygen atoms in total. The monoisotopic (exact) mass is 1390 g/mol. The second-order valence-corrected chi connectivity index (χ2v) is 23.0. The summed E-state index contributed by atoms with van der Waals surface area (Å²) in [4.78, 5) is 12.4. The van der Waals surface area contributed by atoms with Crippen molar-refractivity contribution in [2.24, 2.45) is 0 Å². The van der Waals surface area contributed by atoms with Gasteiger partial charge in [0.2, 0.25) is 0 Å². The quantitative estimate of drug-likeness (QED) is 0.0273. The topological polar surface area (TPSA) is 133 Å². The van der Waals surface area contributed by atoms with E-state index in [4.69, 9.17) is 43.7 Å². The zero-order chi connectivity index (χ0) is 65.9. The van der Waals surface area contributed by atoms with Gasteiger partial charge in [-0.2, -0.15) is 0 Å². The van der Waals surface area contributed by atoms with Gasteiger partial charge in [0.15, 0.2) is 18.4 Å². The first-order valence-electron chi connectivity index (χ1n) is 32.5. The molecule has 0 saturated carbocycles. The molecule has 564 valence electrons. The highest BCUT2D eigenvalue weighted by molar-refractivity contribution is 6.09. The van der Waals surface area contributed by atoms with E-state index in [9.17, 15) is 4.79 Å². The number of rotatable bonds is 26. The van der Waals surface area contributed by atoms with E-state index in [0.29, 0.717) is 90.1 Å². The predicted octanol–water partition coefficient (Wildman–Crippen LogP) is 27.5. The fourth-order valence-electron chi connectivity index (χ4n) is 9.31. The average Bonchev–Trinajstić information content (AvgIpc) is 0.842. The SMILES string of the molecule is C.C.C.C.C.C.C.C.C.C.CCC(C)c1ccc(O)cc1.CCC(C)c1ccc(O)cc1.CCC(C)c1ccc(O)cc1.CCC(C)c1ccc(OC(C)OCCOc2ccc(C(=O)c3ccccc3)cc2)cc1.CCC(C)c1ccc(OC(C)OCCOc2cccc3ccccc23)cc1. The van der Waals surface area contributed by atoms with E-state index < -0.39 is 0 Å². The predicted molar refractivity (Wildman–Crippen MR) is 441 cm³/mol. The van der Waals surface area contributed by atoms with Crippen LogP contribution in [0.4, 0.5) is 0 Å². The minimum atomic E-state index is -0.371. The number of carbonyl (C=O) groups is 1. The molecule has 0 saturated heterocycles. The largest absolute Gasteiger partial charge is 0.508 e. The van der Waals surface area contributed by atoms with Crippen molar-refractivity contribution in [1.29, 1.82) is 0 Å². The summed E-state index contributed by atoms with van der Waals surface area (Å²) in [5, 5.41) is 29.3. The smallest absolute Gasteiger partial charge is 0.197 e. The molecule has 0 aliphatic rings. The summed E-state index contributed by atoms with van der Waals surface area (Å²) in [6, 6.07) is 69.4. The number of fused-ring (bicyclic) bond motifs is 1. The Kier molecular flexibility index (Phi) is 58.5. The van der Waals surface area contributed by atoms with Crippen LogP contribution >= 0.6 is 0 Å². The fourth-order valence-corrected chi connectivity index (χ4v) is 9.31. The first kappa shape index (κ1) is 103. The van der Waals surface area contributed by atoms with Gasteiger partial charge in [-0.25, -0.2) is 0 Å². The van der Waals surface area contributed by atoms with Crippen molar-refractivity contribution in [3.63, 3.8) is 0 Å². The highest BCUT2D eigenvalue weighted by Gasteiger charge is 2.12. The van der Waals surface area contributed by atoms with Crippen LogP contribution in [-0.2, 0) is 9.47 Å². The number of hydrogen-bond acceptors (Lipinski definition) is 10. The zero-order valence-electron chi connectivity index (χ0n) is 55.9. The molecule has 9 aromatic rings. The van der Waals surface area contributed by atoms with Crippen LogP contribution < -0.4 is 18.9 Å². The third-order valence-corrected chi connectivity index (χ3v) is 16.3. The van der Waals surface area contributed by atoms with Gasteiger partial charge in [0, 0.05) is 16.5 Å². The summed E-state index contributed by atoms with van der Waals surface area (Å²) >= 11 is 0. The van der Waals surface area contributed by atoms with E-state index in [0.717, 1.165) is 54.7 Å². The number of carbonyl (C=O) groups excluding carboxylic acids is 1. The van der Waals surface area contributed by atoms with E-state index >= 15 is 0 Å². The van der Waals surface area contributed by atoms with Crippen LogP contribution in [-0.4, -0.2) is 60.1 Å². The molecule has 0 spiro atoms. The third kappa shape index (κ3) is 37.1. The lowest BCUT2D eigenvalue weighted by molar-refractivity contribution is -0.0741. The molecule has 0 bridgehead atoms. The van der Waals surface area contributed by atoms with Crippen LogP contribution in [0.15, 0.2) is 218 Å². The van der Waals surface area contributed by atoms with Crippen LogP contribution in [0, 0.1) is 0 Å². The first-order chi connectivity index (χ1) is 43.9. The Bertz CT molecular complexity index is 3260. The summed E-state index contributed by atoms with van der Waals surface area (Å²) in [7, 11) is 0. The molecule has 9 aromatic carbocycles. The molecule has 101 heavy (non-hydrogen) atoms. The lowest BCUT2D eigenvalue weighted by atomic mass is 9.99. The van der Waals surface area contributed by atoms with Crippen molar-refractivity contribution >= 4 is 16.6 Å². The van der Waals surface area contributed by atoms with Gasteiger partial charge in [0.05, 0.1) is 13.2 Å². The Morgan fingerprint density at radius 1 is 0.307 bits per heavy atom. The molecule has 0 heterocycles. The minimum Gasteiger partial charge on any atom is -0.508 e. The Hall–Kier alpha value is -8.57. The van der Waals surface area contributed by atoms with Crippen molar-refractivity contribution in [2.45, 2.75) is 232 Å². The highest BCUT2D eigenvalue weighted by Crippen LogP contribution is 2.28. The van der Waals surface area contributed by atoms with Crippen molar-refractivity contribution in [2.75, 3.05) is 26.4 Å². The summed E-state index contributed by atoms with van der Waals surface area (Å²) in [5.41, 5.74) is 7.85. The van der Waals surface area contributed by atoms with Gasteiger partial charge < -0.3 is 43.7 Å². The molecule has 0 amide bonds. The maximum absolute atomic E-state index is 12.4. The maximum atomic E-state index is 12.4. The van der Waals surface area contributed by atoms with Gasteiger partial charge in [0.1, 0.15) is 53.5 Å². The van der Waals surface area contributed by atoms with Gasteiger partial charge in [0.25, 0.3) is 0 Å². The van der Waals surface area contributed by atoms with Crippen LogP contribution in [0.3, 0.4) is 0 Å². The lowest BCUT2D eigenvalue weighted by Crippen LogP contribution is -2.19. The zero-order valence-corrected chi connectivity index (χ0v) is 55.9. The second-order valence-electron chi connectivity index (χ2n) is 23.0. The van der Waals surface area contributed by atoms with Gasteiger partial charge in [-0.05, 0) is 200 Å². The molecular weight excluding hydrogens is 1250 g/mol. The molecule has 0 aliphatic carbocycles. The van der Waals surface area contributed by atoms with Crippen LogP contribution in [0.5, 0.6) is 40.2 Å². The number of ether oxygens (including phenoxy) is 6. The number of phenolic OH excluding ortho intramolecular Hbond substituents is 3. The molecule has 10 heteroatoms. The van der Waals surface area contributed by atoms with E-state index in [1.165, 1.54) is 33.2 Å². The van der Waals surface area contributed by atoms with E-state index in [-0.39, 0.29) is 92.6 Å². The number of benzene rings is 9. The summed E-state index contributed by atoms with van der Waals surface area (Å²) < 4.78 is 34.7. The minimum absolute atomic E-state index is 0. The molecule has 0 aliphatic heterocycles. The summed E-state index contributed by atoms with van der Waals surface area (Å²) in [6.45, 7) is 27.4. The Morgan fingerprint density at radius 2 is 0.594 bits per heavy atom. The normalized spacial score (nSPS) is 11.7. The van der Waals surface area contributed by atoms with Gasteiger partial charge in [-0.3, -0.25) is 4.79 Å². The van der Waals surface area contributed by atoms with Crippen molar-refractivity contribution < 1.29 is 48.5 Å².